The number of likely N-dealkylation sites (N-methyl/N-ethyl adjacent to an activating group) is 1. The Bertz CT molecular complexity index is 673. The maximum absolute atomic E-state index is 11.7. The van der Waals surface area contributed by atoms with Crippen molar-refractivity contribution in [2.45, 2.75) is 12.8 Å². The number of hydrogen-bond acceptors (Lipinski definition) is 3. The fraction of sp³-hybridized carbons (Fsp3) is 0.235. The fourth-order valence-corrected chi connectivity index (χ4v) is 2.63. The first kappa shape index (κ1) is 16.3. The van der Waals surface area contributed by atoms with Crippen LogP contribution in [0.15, 0.2) is 42.5 Å². The first-order valence-electron chi connectivity index (χ1n) is 7.18. The third-order valence-electron chi connectivity index (χ3n) is 3.68. The number of benzene rings is 2. The highest BCUT2D eigenvalue weighted by atomic mass is 35.5. The minimum Gasteiger partial charge on any atom is -0.355 e. The van der Waals surface area contributed by atoms with E-state index < -0.39 is 0 Å². The summed E-state index contributed by atoms with van der Waals surface area (Å²) in [6.07, 6.45) is 2.03. The lowest BCUT2D eigenvalue weighted by Crippen LogP contribution is -2.25. The van der Waals surface area contributed by atoms with Gasteiger partial charge in [-0.2, -0.15) is 0 Å². The first-order valence-corrected chi connectivity index (χ1v) is 7.18. The predicted octanol–water partition coefficient (Wildman–Crippen LogP) is 3.11. The number of carbonyl (C=O) groups is 1. The molecule has 0 saturated carbocycles. The number of nitrogens with one attached hydrogen (secondary N) is 3. The SMILES string of the molecule is CNCC(=O)Nc1ccc2c(c1)Nc1ccccc1CC2.Cl. The number of halogens is 1. The third kappa shape index (κ3) is 3.59. The Balaban J connectivity index is 0.00000176. The van der Waals surface area contributed by atoms with Crippen LogP contribution >= 0.6 is 12.4 Å². The number of rotatable bonds is 3. The monoisotopic (exact) mass is 317 g/mol. The van der Waals surface area contributed by atoms with Gasteiger partial charge < -0.3 is 16.0 Å². The van der Waals surface area contributed by atoms with Crippen LogP contribution in [0.4, 0.5) is 17.1 Å². The molecule has 116 valence electrons. The molecule has 0 atom stereocenters. The molecule has 0 aliphatic carbocycles. The number of hydrogen-bond donors (Lipinski definition) is 3. The zero-order valence-electron chi connectivity index (χ0n) is 12.5. The minimum atomic E-state index is -0.0357. The van der Waals surface area contributed by atoms with E-state index >= 15 is 0 Å². The highest BCUT2D eigenvalue weighted by Gasteiger charge is 2.13. The lowest BCUT2D eigenvalue weighted by molar-refractivity contribution is -0.115. The largest absolute Gasteiger partial charge is 0.355 e. The van der Waals surface area contributed by atoms with Crippen LogP contribution in [0.3, 0.4) is 0 Å². The first-order chi connectivity index (χ1) is 10.3. The van der Waals surface area contributed by atoms with Gasteiger partial charge in [0.25, 0.3) is 0 Å². The normalized spacial score (nSPS) is 12.0. The molecule has 3 rings (SSSR count). The number of carbonyl (C=O) groups excluding carboxylic acids is 1. The maximum atomic E-state index is 11.7. The number of aryl methyl sites for hydroxylation is 2. The molecule has 1 aliphatic heterocycles. The summed E-state index contributed by atoms with van der Waals surface area (Å²) in [4.78, 5) is 11.7. The maximum Gasteiger partial charge on any atom is 0.238 e. The molecule has 0 unspecified atom stereocenters. The summed E-state index contributed by atoms with van der Waals surface area (Å²) in [6, 6.07) is 14.4. The van der Waals surface area contributed by atoms with Gasteiger partial charge in [0, 0.05) is 17.1 Å². The van der Waals surface area contributed by atoms with Crippen LogP contribution in [0.25, 0.3) is 0 Å². The Morgan fingerprint density at radius 3 is 2.59 bits per heavy atom. The molecule has 5 heteroatoms. The molecular formula is C17H20ClN3O. The van der Waals surface area contributed by atoms with E-state index in [1.165, 1.54) is 11.1 Å². The molecule has 0 aromatic heterocycles. The topological polar surface area (TPSA) is 53.2 Å². The van der Waals surface area contributed by atoms with E-state index in [4.69, 9.17) is 0 Å². The zero-order chi connectivity index (χ0) is 14.7. The molecule has 1 amide bonds. The van der Waals surface area contributed by atoms with E-state index in [0.717, 1.165) is 29.9 Å². The molecule has 0 radical (unpaired) electrons. The van der Waals surface area contributed by atoms with Crippen molar-refractivity contribution in [3.63, 3.8) is 0 Å². The number of fused-ring (bicyclic) bond motifs is 2. The second-order valence-corrected chi connectivity index (χ2v) is 5.23. The van der Waals surface area contributed by atoms with Crippen molar-refractivity contribution in [3.05, 3.63) is 53.6 Å². The van der Waals surface area contributed by atoms with E-state index in [0.29, 0.717) is 6.54 Å². The van der Waals surface area contributed by atoms with E-state index in [1.807, 2.05) is 18.2 Å². The Morgan fingerprint density at radius 2 is 1.82 bits per heavy atom. The van der Waals surface area contributed by atoms with Gasteiger partial charge in [0.05, 0.1) is 6.54 Å². The summed E-state index contributed by atoms with van der Waals surface area (Å²) in [6.45, 7) is 0.313. The molecule has 1 aliphatic rings. The van der Waals surface area contributed by atoms with Gasteiger partial charge in [-0.25, -0.2) is 0 Å². The molecule has 4 nitrogen and oxygen atoms in total. The lowest BCUT2D eigenvalue weighted by atomic mass is 10.0. The second-order valence-electron chi connectivity index (χ2n) is 5.23. The molecule has 0 saturated heterocycles. The number of amides is 1. The standard InChI is InChI=1S/C17H19N3O.ClH/c1-18-11-17(21)19-14-9-8-13-7-6-12-4-2-3-5-15(12)20-16(13)10-14;/h2-5,8-10,18,20H,6-7,11H2,1H3,(H,19,21);1H. The van der Waals surface area contributed by atoms with Crippen LogP contribution in [-0.2, 0) is 17.6 Å². The van der Waals surface area contributed by atoms with Gasteiger partial charge in [0.15, 0.2) is 0 Å². The fourth-order valence-electron chi connectivity index (χ4n) is 2.63. The van der Waals surface area contributed by atoms with Crippen molar-refractivity contribution in [2.24, 2.45) is 0 Å². The zero-order valence-corrected chi connectivity index (χ0v) is 13.3. The van der Waals surface area contributed by atoms with Gasteiger partial charge in [-0.05, 0) is 49.2 Å². The lowest BCUT2D eigenvalue weighted by Gasteiger charge is -2.12. The summed E-state index contributed by atoms with van der Waals surface area (Å²) in [5, 5.41) is 9.22. The van der Waals surface area contributed by atoms with Crippen LogP contribution < -0.4 is 16.0 Å². The van der Waals surface area contributed by atoms with Crippen LogP contribution in [0.2, 0.25) is 0 Å². The second kappa shape index (κ2) is 7.29. The highest BCUT2D eigenvalue weighted by molar-refractivity contribution is 5.93. The summed E-state index contributed by atoms with van der Waals surface area (Å²) in [7, 11) is 1.76. The Morgan fingerprint density at radius 1 is 1.09 bits per heavy atom. The third-order valence-corrected chi connectivity index (χ3v) is 3.68. The van der Waals surface area contributed by atoms with Crippen LogP contribution in [0.1, 0.15) is 11.1 Å². The van der Waals surface area contributed by atoms with Crippen molar-refractivity contribution in [2.75, 3.05) is 24.2 Å². The molecule has 0 bridgehead atoms. The molecule has 2 aromatic carbocycles. The van der Waals surface area contributed by atoms with Gasteiger partial charge in [-0.3, -0.25) is 4.79 Å². The smallest absolute Gasteiger partial charge is 0.238 e. The van der Waals surface area contributed by atoms with Crippen molar-refractivity contribution >= 4 is 35.4 Å². The molecule has 1 heterocycles. The number of para-hydroxylation sites is 1. The Labute approximate surface area is 136 Å². The molecule has 3 N–H and O–H groups in total. The quantitative estimate of drug-likeness (QED) is 0.815. The summed E-state index contributed by atoms with van der Waals surface area (Å²) in [5.74, 6) is -0.0357. The Kier molecular flexibility index (Phi) is 5.41. The van der Waals surface area contributed by atoms with E-state index in [-0.39, 0.29) is 18.3 Å². The summed E-state index contributed by atoms with van der Waals surface area (Å²) < 4.78 is 0. The van der Waals surface area contributed by atoms with Crippen LogP contribution in [0, 0.1) is 0 Å². The van der Waals surface area contributed by atoms with Gasteiger partial charge in [-0.1, -0.05) is 24.3 Å². The van der Waals surface area contributed by atoms with E-state index in [1.54, 1.807) is 7.05 Å². The average Bonchev–Trinajstić information content (AvgIpc) is 2.66. The van der Waals surface area contributed by atoms with Crippen molar-refractivity contribution in [1.82, 2.24) is 5.32 Å². The predicted molar refractivity (Wildman–Crippen MR) is 93.4 cm³/mol. The highest BCUT2D eigenvalue weighted by Crippen LogP contribution is 2.31. The number of anilines is 3. The molecular weight excluding hydrogens is 298 g/mol. The molecule has 2 aromatic rings. The van der Waals surface area contributed by atoms with Gasteiger partial charge >= 0.3 is 0 Å². The van der Waals surface area contributed by atoms with E-state index in [2.05, 4.69) is 40.2 Å². The Hall–Kier alpha value is -2.04. The summed E-state index contributed by atoms with van der Waals surface area (Å²) >= 11 is 0. The van der Waals surface area contributed by atoms with Crippen molar-refractivity contribution in [3.8, 4) is 0 Å². The molecule has 0 fully saturated rings. The van der Waals surface area contributed by atoms with Gasteiger partial charge in [-0.15, -0.1) is 12.4 Å². The summed E-state index contributed by atoms with van der Waals surface area (Å²) in [5.41, 5.74) is 5.64. The van der Waals surface area contributed by atoms with E-state index in [9.17, 15) is 4.79 Å². The van der Waals surface area contributed by atoms with Gasteiger partial charge in [0.1, 0.15) is 0 Å². The minimum absolute atomic E-state index is 0. The van der Waals surface area contributed by atoms with Crippen LogP contribution in [-0.4, -0.2) is 19.5 Å². The molecule has 0 spiro atoms. The van der Waals surface area contributed by atoms with Crippen molar-refractivity contribution < 1.29 is 4.79 Å². The molecule has 22 heavy (non-hydrogen) atoms. The van der Waals surface area contributed by atoms with Crippen molar-refractivity contribution in [1.29, 1.82) is 0 Å². The average molecular weight is 318 g/mol. The van der Waals surface area contributed by atoms with Crippen LogP contribution in [0.5, 0.6) is 0 Å². The van der Waals surface area contributed by atoms with Gasteiger partial charge in [0.2, 0.25) is 5.91 Å².